The molecule has 0 spiro atoms. The average Bonchev–Trinajstić information content (AvgIpc) is 2.39. The van der Waals surface area contributed by atoms with Crippen LogP contribution >= 0.6 is 0 Å². The number of hydrogen-bond donors (Lipinski definition) is 0. The van der Waals surface area contributed by atoms with Gasteiger partial charge in [-0.05, 0) is 34.6 Å². The van der Waals surface area contributed by atoms with Crippen molar-refractivity contribution in [3.8, 4) is 0 Å². The molecule has 0 amide bonds. The molecule has 0 atom stereocenters. The second-order valence-corrected chi connectivity index (χ2v) is 9.68. The Morgan fingerprint density at radius 3 is 1.03 bits per heavy atom. The van der Waals surface area contributed by atoms with Gasteiger partial charge in [-0.3, -0.25) is 4.79 Å². The van der Waals surface area contributed by atoms with E-state index in [0.717, 1.165) is 0 Å². The second-order valence-electron chi connectivity index (χ2n) is 7.59. The Labute approximate surface area is 176 Å². The molecule has 0 aromatic heterocycles. The summed E-state index contributed by atoms with van der Waals surface area (Å²) in [6, 6.07) is 0. The van der Waals surface area contributed by atoms with E-state index < -0.39 is 68.8 Å². The van der Waals surface area contributed by atoms with Crippen molar-refractivity contribution in [1.29, 1.82) is 0 Å². The van der Waals surface area contributed by atoms with Crippen LogP contribution in [-0.4, -0.2) is 61.9 Å². The summed E-state index contributed by atoms with van der Waals surface area (Å²) in [5.41, 5.74) is -13.0. The smallest absolute Gasteiger partial charge is 0.705 e. The predicted molar refractivity (Wildman–Crippen MR) is 81.6 cm³/mol. The minimum atomic E-state index is -7.33. The molecule has 5 nitrogen and oxygen atoms in total. The Hall–Kier alpha value is -0.958. The molecule has 32 heavy (non-hydrogen) atoms. The molecule has 0 saturated heterocycles. The molecule has 0 heterocycles. The van der Waals surface area contributed by atoms with Gasteiger partial charge in [0.2, 0.25) is 11.6 Å². The average molecular weight is 521 g/mol. The standard InChI is InChI=1S/C4H3F6O.2C4H6F3O.C2H4O2.Al/c1-2(11,3(5,6)7)4(8,9)10;2*1-3(2,8)4(5,6)7;1-2(3)4;/h1H3;2*1-2H3;1H3,(H,3,4);/q3*-1;;+3/p-1. The number of hydrogen-bond acceptors (Lipinski definition) is 5. The minimum Gasteiger partial charge on any atom is -0.705 e. The second kappa shape index (κ2) is 8.68. The third-order valence-electron chi connectivity index (χ3n) is 4.02. The molecule has 0 N–H and O–H groups in total. The van der Waals surface area contributed by atoms with E-state index in [1.807, 2.05) is 0 Å². The molecule has 18 heteroatoms. The summed E-state index contributed by atoms with van der Waals surface area (Å²) in [7, 11) is 0. The molecule has 0 aliphatic rings. The third-order valence-corrected chi connectivity index (χ3v) is 7.15. The number of rotatable bonds is 7. The molecule has 0 aromatic rings. The highest BCUT2D eigenvalue weighted by Gasteiger charge is 2.75. The predicted octanol–water partition coefficient (Wildman–Crippen LogP) is 5.60. The van der Waals surface area contributed by atoms with Gasteiger partial charge in [0, 0.05) is 6.92 Å². The molecule has 192 valence electrons. The first-order chi connectivity index (χ1) is 13.5. The Morgan fingerprint density at radius 2 is 0.844 bits per heavy atom. The minimum absolute atomic E-state index is 0.0388. The largest absolute Gasteiger partial charge is 0.962 e. The maximum atomic E-state index is 13.3. The zero-order chi connectivity index (χ0) is 26.4. The molecule has 0 radical (unpaired) electrons. The molecule has 0 aliphatic heterocycles. The lowest BCUT2D eigenvalue weighted by Gasteiger charge is -2.51. The first-order valence-corrected chi connectivity index (χ1v) is 10.1. The Bertz CT molecular complexity index is 636. The molecule has 0 unspecified atom stereocenters. The van der Waals surface area contributed by atoms with E-state index in [9.17, 15) is 57.5 Å². The van der Waals surface area contributed by atoms with E-state index in [-0.39, 0.29) is 34.6 Å². The van der Waals surface area contributed by atoms with Crippen molar-refractivity contribution in [1.82, 2.24) is 0 Å². The zero-order valence-corrected chi connectivity index (χ0v) is 18.3. The van der Waals surface area contributed by atoms with Gasteiger partial charge in [0.1, 0.15) is 11.2 Å². The van der Waals surface area contributed by atoms with Crippen LogP contribution in [0.5, 0.6) is 0 Å². The van der Waals surface area contributed by atoms with Crippen molar-refractivity contribution in [2.45, 2.75) is 83.1 Å². The van der Waals surface area contributed by atoms with Gasteiger partial charge >= 0.3 is 39.1 Å². The van der Waals surface area contributed by atoms with Crippen molar-refractivity contribution in [3.63, 3.8) is 0 Å². The lowest BCUT2D eigenvalue weighted by Crippen LogP contribution is -2.70. The van der Waals surface area contributed by atoms with Crippen LogP contribution in [0.2, 0.25) is 0 Å². The summed E-state index contributed by atoms with van der Waals surface area (Å²) < 4.78 is 175. The van der Waals surface area contributed by atoms with Crippen LogP contribution in [0.4, 0.5) is 52.7 Å². The number of alkyl halides is 12. The van der Waals surface area contributed by atoms with Gasteiger partial charge in [-0.2, -0.15) is 52.7 Å². The highest BCUT2D eigenvalue weighted by Crippen LogP contribution is 2.50. The van der Waals surface area contributed by atoms with Crippen molar-refractivity contribution in [2.24, 2.45) is 0 Å². The van der Waals surface area contributed by atoms with Crippen LogP contribution in [0, 0.1) is 0 Å². The van der Waals surface area contributed by atoms with Crippen LogP contribution in [0.3, 0.4) is 0 Å². The lowest BCUT2D eigenvalue weighted by molar-refractivity contribution is -0.373. The zero-order valence-electron chi connectivity index (χ0n) is 17.2. The van der Waals surface area contributed by atoms with E-state index in [1.165, 1.54) is 0 Å². The van der Waals surface area contributed by atoms with Crippen LogP contribution in [-0.2, 0) is 19.9 Å². The van der Waals surface area contributed by atoms with Gasteiger partial charge in [-0.1, -0.05) is 0 Å². The van der Waals surface area contributed by atoms with Crippen LogP contribution in [0.1, 0.15) is 41.5 Å². The molecule has 0 rings (SSSR count). The highest BCUT2D eigenvalue weighted by atomic mass is 27.3. The highest BCUT2D eigenvalue weighted by molar-refractivity contribution is 6.56. The van der Waals surface area contributed by atoms with Crippen molar-refractivity contribution in [3.05, 3.63) is 0 Å². The summed E-state index contributed by atoms with van der Waals surface area (Å²) in [6.07, 6.45) is -24.1. The molecular weight excluding hydrogens is 503 g/mol. The molecule has 0 saturated carbocycles. The van der Waals surface area contributed by atoms with E-state index in [2.05, 4.69) is 15.2 Å². The van der Waals surface area contributed by atoms with Crippen molar-refractivity contribution in [2.75, 3.05) is 0 Å². The fraction of sp³-hybridized carbons (Fsp3) is 0.929. The van der Waals surface area contributed by atoms with Gasteiger partial charge < -0.3 is 15.2 Å². The van der Waals surface area contributed by atoms with Crippen molar-refractivity contribution < 1.29 is 72.6 Å². The quantitative estimate of drug-likeness (QED) is 0.323. The monoisotopic (exact) mass is 521 g/mol. The first-order valence-electron chi connectivity index (χ1n) is 8.23. The Balaban J connectivity index is 7.11. The summed E-state index contributed by atoms with van der Waals surface area (Å²) in [4.78, 5) is 11.4. The van der Waals surface area contributed by atoms with Gasteiger partial charge in [0.15, 0.2) is 0 Å². The number of carbonyl (C=O) groups is 1. The van der Waals surface area contributed by atoms with E-state index in [1.54, 1.807) is 0 Å². The normalized spacial score (nSPS) is 15.7. The SMILES string of the molecule is CC(=O)[O][Al-]([O]C(C)(C)C(F)(F)F)([O]C(C)(C)C(F)(F)F)[O]C(C)(C(F)(F)F)C(F)(F)F. The number of carbonyl (C=O) groups excluding carboxylic acids is 1. The van der Waals surface area contributed by atoms with E-state index >= 15 is 0 Å². The van der Waals surface area contributed by atoms with Gasteiger partial charge in [0.05, 0.1) is 0 Å². The Kier molecular flexibility index (Phi) is 8.42. The molecule has 0 aromatic carbocycles. The van der Waals surface area contributed by atoms with Crippen LogP contribution < -0.4 is 0 Å². The van der Waals surface area contributed by atoms with E-state index in [4.69, 9.17) is 0 Å². The molecular formula is C14H18AlF12O5-. The maximum Gasteiger partial charge on any atom is 0.962 e. The maximum absolute atomic E-state index is 13.3. The van der Waals surface area contributed by atoms with Crippen molar-refractivity contribution >= 4 is 20.4 Å². The molecule has 0 fully saturated rings. The summed E-state index contributed by atoms with van der Waals surface area (Å²) in [5, 5.41) is 0. The number of halogens is 12. The fourth-order valence-electron chi connectivity index (χ4n) is 1.79. The van der Waals surface area contributed by atoms with Gasteiger partial charge in [-0.25, -0.2) is 0 Å². The van der Waals surface area contributed by atoms with Crippen LogP contribution in [0.25, 0.3) is 0 Å². The topological polar surface area (TPSA) is 54.0 Å². The molecule has 0 bridgehead atoms. The van der Waals surface area contributed by atoms with Crippen LogP contribution in [0.15, 0.2) is 0 Å². The first kappa shape index (κ1) is 31.0. The van der Waals surface area contributed by atoms with Gasteiger partial charge in [0.25, 0.3) is 0 Å². The summed E-state index contributed by atoms with van der Waals surface area (Å²) >= 11 is -7.33. The summed E-state index contributed by atoms with van der Waals surface area (Å²) in [6.45, 7) is -0.314. The fourth-order valence-corrected chi connectivity index (χ4v) is 5.04. The Morgan fingerprint density at radius 1 is 0.562 bits per heavy atom. The summed E-state index contributed by atoms with van der Waals surface area (Å²) in [5.74, 6) is -1.93. The third kappa shape index (κ3) is 6.78. The van der Waals surface area contributed by atoms with Gasteiger partial charge in [-0.15, -0.1) is 0 Å². The lowest BCUT2D eigenvalue weighted by atomic mass is 10.1. The van der Waals surface area contributed by atoms with E-state index in [0.29, 0.717) is 0 Å². The molecule has 0 aliphatic carbocycles.